The molecule has 0 aliphatic carbocycles. The maximum absolute atomic E-state index is 12.5. The fourth-order valence-electron chi connectivity index (χ4n) is 2.51. The van der Waals surface area contributed by atoms with E-state index in [1.165, 1.54) is 10.9 Å². The van der Waals surface area contributed by atoms with Crippen molar-refractivity contribution in [3.05, 3.63) is 50.9 Å². The van der Waals surface area contributed by atoms with Crippen molar-refractivity contribution in [1.29, 1.82) is 0 Å². The van der Waals surface area contributed by atoms with Crippen LogP contribution in [0.15, 0.2) is 39.7 Å². The molecule has 1 aromatic heterocycles. The number of ether oxygens (including phenoxy) is 1. The Morgan fingerprint density at radius 1 is 1.25 bits per heavy atom. The summed E-state index contributed by atoms with van der Waals surface area (Å²) in [6.45, 7) is 2.29. The normalized spacial score (nSPS) is 14.5. The van der Waals surface area contributed by atoms with Gasteiger partial charge in [0.1, 0.15) is 5.69 Å². The van der Waals surface area contributed by atoms with Gasteiger partial charge in [-0.3, -0.25) is 9.59 Å². The predicted octanol–water partition coefficient (Wildman–Crippen LogP) is 1.63. The Hall–Kier alpha value is -2.19. The molecule has 2 aromatic rings. The van der Waals surface area contributed by atoms with Gasteiger partial charge in [0.2, 0.25) is 0 Å². The van der Waals surface area contributed by atoms with Crippen molar-refractivity contribution in [2.24, 2.45) is 7.05 Å². The molecule has 1 aliphatic heterocycles. The lowest BCUT2D eigenvalue weighted by Gasteiger charge is -2.29. The highest BCUT2D eigenvalue weighted by Gasteiger charge is 2.21. The van der Waals surface area contributed by atoms with Gasteiger partial charge in [0.05, 0.1) is 25.1 Å². The fraction of sp³-hybridized carbons (Fsp3) is 0.312. The highest BCUT2D eigenvalue weighted by atomic mass is 79.9. The number of nitrogens with zero attached hydrogens (tertiary/aromatic N) is 3. The van der Waals surface area contributed by atoms with E-state index in [4.69, 9.17) is 4.74 Å². The number of morpholine rings is 1. The third-order valence-electron chi connectivity index (χ3n) is 3.79. The van der Waals surface area contributed by atoms with Crippen LogP contribution in [0, 0.1) is 0 Å². The van der Waals surface area contributed by atoms with Gasteiger partial charge in [0, 0.05) is 30.2 Å². The summed E-state index contributed by atoms with van der Waals surface area (Å²) < 4.78 is 7.49. The molecule has 0 bridgehead atoms. The first-order valence-corrected chi connectivity index (χ1v) is 8.31. The van der Waals surface area contributed by atoms with E-state index in [0.29, 0.717) is 43.2 Å². The van der Waals surface area contributed by atoms with Crippen LogP contribution in [-0.4, -0.2) is 42.0 Å². The van der Waals surface area contributed by atoms with E-state index in [1.807, 2.05) is 4.90 Å². The number of halogens is 1. The van der Waals surface area contributed by atoms with Gasteiger partial charge < -0.3 is 15.0 Å². The molecule has 8 heteroatoms. The van der Waals surface area contributed by atoms with Crippen molar-refractivity contribution in [2.75, 3.05) is 36.5 Å². The summed E-state index contributed by atoms with van der Waals surface area (Å²) in [6, 6.07) is 7.00. The van der Waals surface area contributed by atoms with Crippen LogP contribution in [0.2, 0.25) is 0 Å². The van der Waals surface area contributed by atoms with Gasteiger partial charge in [0.15, 0.2) is 0 Å². The lowest BCUT2D eigenvalue weighted by atomic mass is 10.2. The number of carbonyl (C=O) groups is 1. The van der Waals surface area contributed by atoms with Crippen LogP contribution in [0.25, 0.3) is 0 Å². The first kappa shape index (κ1) is 16.7. The van der Waals surface area contributed by atoms with Crippen molar-refractivity contribution in [3.63, 3.8) is 0 Å². The number of amides is 1. The molecule has 24 heavy (non-hydrogen) atoms. The van der Waals surface area contributed by atoms with Crippen LogP contribution in [0.5, 0.6) is 0 Å². The highest BCUT2D eigenvalue weighted by molar-refractivity contribution is 9.10. The molecule has 0 saturated carbocycles. The van der Waals surface area contributed by atoms with E-state index in [0.717, 1.165) is 4.47 Å². The van der Waals surface area contributed by atoms with Crippen LogP contribution >= 0.6 is 15.9 Å². The fourth-order valence-corrected chi connectivity index (χ4v) is 2.77. The Balaban J connectivity index is 1.92. The van der Waals surface area contributed by atoms with Crippen molar-refractivity contribution in [2.45, 2.75) is 0 Å². The summed E-state index contributed by atoms with van der Waals surface area (Å²) >= 11 is 3.34. The van der Waals surface area contributed by atoms with E-state index in [-0.39, 0.29) is 11.5 Å². The van der Waals surface area contributed by atoms with E-state index in [2.05, 4.69) is 26.3 Å². The van der Waals surface area contributed by atoms with Gasteiger partial charge in [-0.1, -0.05) is 15.9 Å². The molecule has 0 atom stereocenters. The lowest BCUT2D eigenvalue weighted by molar-refractivity contribution is 0.102. The number of aryl methyl sites for hydroxylation is 1. The second kappa shape index (κ2) is 7.14. The first-order valence-electron chi connectivity index (χ1n) is 7.52. The zero-order chi connectivity index (χ0) is 17.1. The largest absolute Gasteiger partial charge is 0.378 e. The van der Waals surface area contributed by atoms with Crippen molar-refractivity contribution in [3.8, 4) is 0 Å². The van der Waals surface area contributed by atoms with Gasteiger partial charge in [-0.25, -0.2) is 4.68 Å². The second-order valence-corrected chi connectivity index (χ2v) is 6.31. The number of hydrogen-bond acceptors (Lipinski definition) is 5. The molecule has 0 unspecified atom stereocenters. The second-order valence-electron chi connectivity index (χ2n) is 5.40. The van der Waals surface area contributed by atoms with E-state index in [9.17, 15) is 9.59 Å². The summed E-state index contributed by atoms with van der Waals surface area (Å²) in [7, 11) is 1.59. The monoisotopic (exact) mass is 392 g/mol. The molecule has 1 N–H and O–H groups in total. The van der Waals surface area contributed by atoms with Crippen molar-refractivity contribution in [1.82, 2.24) is 9.78 Å². The molecule has 1 aromatic carbocycles. The Morgan fingerprint density at radius 2 is 1.92 bits per heavy atom. The number of anilines is 2. The number of benzene rings is 1. The number of nitrogens with one attached hydrogen (secondary N) is 1. The zero-order valence-corrected chi connectivity index (χ0v) is 14.7. The van der Waals surface area contributed by atoms with Crippen molar-refractivity contribution >= 4 is 33.2 Å². The minimum Gasteiger partial charge on any atom is -0.378 e. The Kier molecular flexibility index (Phi) is 4.96. The topological polar surface area (TPSA) is 76.5 Å². The quantitative estimate of drug-likeness (QED) is 0.858. The number of carbonyl (C=O) groups excluding carboxylic acids is 1. The van der Waals surface area contributed by atoms with E-state index < -0.39 is 0 Å². The summed E-state index contributed by atoms with van der Waals surface area (Å²) in [4.78, 5) is 26.9. The van der Waals surface area contributed by atoms with Gasteiger partial charge in [-0.05, 0) is 24.3 Å². The van der Waals surface area contributed by atoms with Gasteiger partial charge in [0.25, 0.3) is 11.5 Å². The smallest absolute Gasteiger partial charge is 0.292 e. The molecule has 1 saturated heterocycles. The molecule has 3 rings (SSSR count). The zero-order valence-electron chi connectivity index (χ0n) is 13.2. The molecule has 126 valence electrons. The number of hydrogen-bond donors (Lipinski definition) is 1. The standard InChI is InChI=1S/C16H17BrN4O3/c1-20-16(23)14(21-6-8-24-9-7-21)13(10-18-20)19-15(22)11-2-4-12(17)5-3-11/h2-5,10H,6-9H2,1H3,(H,19,22). The summed E-state index contributed by atoms with van der Waals surface area (Å²) in [6.07, 6.45) is 1.50. The highest BCUT2D eigenvalue weighted by Crippen LogP contribution is 2.22. The maximum atomic E-state index is 12.5. The molecule has 1 amide bonds. The van der Waals surface area contributed by atoms with Crippen LogP contribution in [0.1, 0.15) is 10.4 Å². The molecule has 7 nitrogen and oxygen atoms in total. The molecular weight excluding hydrogens is 376 g/mol. The first-order chi connectivity index (χ1) is 11.6. The number of rotatable bonds is 3. The van der Waals surface area contributed by atoms with Crippen LogP contribution in [-0.2, 0) is 11.8 Å². The summed E-state index contributed by atoms with van der Waals surface area (Å²) in [5, 5.41) is 6.82. The van der Waals surface area contributed by atoms with E-state index >= 15 is 0 Å². The van der Waals surface area contributed by atoms with Crippen LogP contribution < -0.4 is 15.8 Å². The Labute approximate surface area is 147 Å². The van der Waals surface area contributed by atoms with Crippen molar-refractivity contribution < 1.29 is 9.53 Å². The minimum absolute atomic E-state index is 0.245. The molecular formula is C16H17BrN4O3. The Morgan fingerprint density at radius 3 is 2.58 bits per heavy atom. The van der Waals surface area contributed by atoms with E-state index in [1.54, 1.807) is 31.3 Å². The summed E-state index contributed by atoms with van der Waals surface area (Å²) in [5.41, 5.74) is 1.12. The van der Waals surface area contributed by atoms with Crippen LogP contribution in [0.3, 0.4) is 0 Å². The SMILES string of the molecule is Cn1ncc(NC(=O)c2ccc(Br)cc2)c(N2CCOCC2)c1=O. The lowest BCUT2D eigenvalue weighted by Crippen LogP contribution is -2.41. The van der Waals surface area contributed by atoms with Gasteiger partial charge >= 0.3 is 0 Å². The number of aromatic nitrogens is 2. The predicted molar refractivity (Wildman–Crippen MR) is 94.6 cm³/mol. The van der Waals surface area contributed by atoms with Crippen LogP contribution in [0.4, 0.5) is 11.4 Å². The Bertz CT molecular complexity index is 798. The molecule has 2 heterocycles. The average Bonchev–Trinajstić information content (AvgIpc) is 2.60. The molecule has 1 aliphatic rings. The third kappa shape index (κ3) is 3.49. The minimum atomic E-state index is -0.285. The van der Waals surface area contributed by atoms with Gasteiger partial charge in [-0.2, -0.15) is 5.10 Å². The molecule has 0 radical (unpaired) electrons. The average molecular weight is 393 g/mol. The van der Waals surface area contributed by atoms with Gasteiger partial charge in [-0.15, -0.1) is 0 Å². The third-order valence-corrected chi connectivity index (χ3v) is 4.32. The summed E-state index contributed by atoms with van der Waals surface area (Å²) in [5.74, 6) is -0.285. The molecule has 1 fully saturated rings. The maximum Gasteiger partial charge on any atom is 0.292 e. The molecule has 0 spiro atoms.